The predicted octanol–water partition coefficient (Wildman–Crippen LogP) is 3.84. The molecule has 0 atom stereocenters. The number of fused-ring (bicyclic) bond motifs is 1. The van der Waals surface area contributed by atoms with Gasteiger partial charge in [-0.3, -0.25) is 0 Å². The highest BCUT2D eigenvalue weighted by Crippen LogP contribution is 2.23. The number of para-hydroxylation sites is 1. The molecular formula is C21H23N3O3. The minimum Gasteiger partial charge on any atom is -0.465 e. The van der Waals surface area contributed by atoms with Crippen molar-refractivity contribution in [2.45, 2.75) is 19.9 Å². The molecule has 0 saturated carbocycles. The zero-order valence-corrected chi connectivity index (χ0v) is 15.5. The lowest BCUT2D eigenvalue weighted by atomic mass is 10.1. The second-order valence-corrected chi connectivity index (χ2v) is 6.18. The Morgan fingerprint density at radius 1 is 1.19 bits per heavy atom. The van der Waals surface area contributed by atoms with Gasteiger partial charge < -0.3 is 19.9 Å². The van der Waals surface area contributed by atoms with Gasteiger partial charge in [0.25, 0.3) is 0 Å². The van der Waals surface area contributed by atoms with E-state index in [1.807, 2.05) is 60.0 Å². The number of rotatable bonds is 7. The normalized spacial score (nSPS) is 11.6. The molecule has 0 aliphatic carbocycles. The number of benzene rings is 2. The monoisotopic (exact) mass is 365 g/mol. The number of hydrogen-bond acceptors (Lipinski definition) is 5. The SMILES string of the molecule is CCCO/N=C(\Cn1cc(C(=O)OC)c2ccccc21)c1cccc(N)c1. The Kier molecular flexibility index (Phi) is 5.76. The van der Waals surface area contributed by atoms with Crippen molar-refractivity contribution in [1.82, 2.24) is 4.57 Å². The Hall–Kier alpha value is -3.28. The molecule has 2 N–H and O–H groups in total. The summed E-state index contributed by atoms with van der Waals surface area (Å²) in [5.41, 5.74) is 9.64. The number of nitrogens with zero attached hydrogens (tertiary/aromatic N) is 2. The largest absolute Gasteiger partial charge is 0.465 e. The number of methoxy groups -OCH3 is 1. The quantitative estimate of drug-likeness (QED) is 0.227. The topological polar surface area (TPSA) is 78.8 Å². The van der Waals surface area contributed by atoms with E-state index in [9.17, 15) is 4.79 Å². The third-order valence-electron chi connectivity index (χ3n) is 4.20. The van der Waals surface area contributed by atoms with Crippen molar-refractivity contribution < 1.29 is 14.4 Å². The van der Waals surface area contributed by atoms with Crippen LogP contribution in [-0.4, -0.2) is 30.0 Å². The minimum atomic E-state index is -0.366. The van der Waals surface area contributed by atoms with Crippen molar-refractivity contribution >= 4 is 28.3 Å². The molecule has 0 saturated heterocycles. The van der Waals surface area contributed by atoms with Gasteiger partial charge in [-0.1, -0.05) is 42.4 Å². The molecule has 140 valence electrons. The molecule has 0 radical (unpaired) electrons. The van der Waals surface area contributed by atoms with Gasteiger partial charge in [-0.25, -0.2) is 4.79 Å². The number of nitrogens with two attached hydrogens (primary N) is 1. The fourth-order valence-electron chi connectivity index (χ4n) is 2.92. The smallest absolute Gasteiger partial charge is 0.340 e. The maximum Gasteiger partial charge on any atom is 0.340 e. The lowest BCUT2D eigenvalue weighted by molar-refractivity contribution is 0.0602. The van der Waals surface area contributed by atoms with E-state index in [1.165, 1.54) is 7.11 Å². The van der Waals surface area contributed by atoms with Crippen LogP contribution in [0.5, 0.6) is 0 Å². The number of esters is 1. The molecule has 2 aromatic carbocycles. The molecule has 3 rings (SSSR count). The van der Waals surface area contributed by atoms with Gasteiger partial charge in [-0.2, -0.15) is 0 Å². The van der Waals surface area contributed by atoms with Gasteiger partial charge in [0.15, 0.2) is 0 Å². The third-order valence-corrected chi connectivity index (χ3v) is 4.20. The molecule has 27 heavy (non-hydrogen) atoms. The van der Waals surface area contributed by atoms with Crippen molar-refractivity contribution in [1.29, 1.82) is 0 Å². The Morgan fingerprint density at radius 3 is 2.74 bits per heavy atom. The van der Waals surface area contributed by atoms with Crippen LogP contribution < -0.4 is 5.73 Å². The number of hydrogen-bond donors (Lipinski definition) is 1. The highest BCUT2D eigenvalue weighted by molar-refractivity contribution is 6.06. The van der Waals surface area contributed by atoms with E-state index in [0.29, 0.717) is 24.4 Å². The van der Waals surface area contributed by atoms with Gasteiger partial charge >= 0.3 is 5.97 Å². The van der Waals surface area contributed by atoms with Crippen molar-refractivity contribution in [2.75, 3.05) is 19.5 Å². The van der Waals surface area contributed by atoms with E-state index in [0.717, 1.165) is 28.6 Å². The second-order valence-electron chi connectivity index (χ2n) is 6.18. The summed E-state index contributed by atoms with van der Waals surface area (Å²) in [4.78, 5) is 17.6. The zero-order chi connectivity index (χ0) is 19.2. The van der Waals surface area contributed by atoms with Gasteiger partial charge in [0.2, 0.25) is 0 Å². The van der Waals surface area contributed by atoms with Crippen LogP contribution in [0.4, 0.5) is 5.69 Å². The molecule has 0 aliphatic heterocycles. The minimum absolute atomic E-state index is 0.366. The van der Waals surface area contributed by atoms with Crippen molar-refractivity contribution in [3.63, 3.8) is 0 Å². The van der Waals surface area contributed by atoms with Crippen molar-refractivity contribution in [3.05, 3.63) is 65.9 Å². The van der Waals surface area contributed by atoms with Crippen LogP contribution in [0, 0.1) is 0 Å². The highest BCUT2D eigenvalue weighted by Gasteiger charge is 2.17. The van der Waals surface area contributed by atoms with E-state index in [-0.39, 0.29) is 5.97 Å². The fraction of sp³-hybridized carbons (Fsp3) is 0.238. The first-order valence-electron chi connectivity index (χ1n) is 8.85. The fourth-order valence-corrected chi connectivity index (χ4v) is 2.92. The number of oxime groups is 1. The van der Waals surface area contributed by atoms with Crippen LogP contribution >= 0.6 is 0 Å². The number of carbonyl (C=O) groups is 1. The third kappa shape index (κ3) is 4.11. The Balaban J connectivity index is 2.03. The first kappa shape index (κ1) is 18.5. The molecule has 1 aromatic heterocycles. The number of nitrogen functional groups attached to an aromatic ring is 1. The average molecular weight is 365 g/mol. The summed E-state index contributed by atoms with van der Waals surface area (Å²) >= 11 is 0. The van der Waals surface area contributed by atoms with Crippen LogP contribution in [0.3, 0.4) is 0 Å². The summed E-state index contributed by atoms with van der Waals surface area (Å²) in [6.45, 7) is 2.99. The molecule has 0 bridgehead atoms. The number of anilines is 1. The highest BCUT2D eigenvalue weighted by atomic mass is 16.6. The van der Waals surface area contributed by atoms with Crippen molar-refractivity contribution in [3.8, 4) is 0 Å². The van der Waals surface area contributed by atoms with Crippen LogP contribution in [-0.2, 0) is 16.1 Å². The standard InChI is InChI=1S/C21H23N3O3/c1-3-11-27-23-19(15-7-6-8-16(22)12-15)14-24-13-18(21(25)26-2)17-9-4-5-10-20(17)24/h4-10,12-13H,3,11,14,22H2,1-2H3/b23-19+. The maximum atomic E-state index is 12.1. The van der Waals surface area contributed by atoms with Crippen molar-refractivity contribution in [2.24, 2.45) is 5.16 Å². The maximum absolute atomic E-state index is 12.1. The van der Waals surface area contributed by atoms with E-state index >= 15 is 0 Å². The molecule has 6 nitrogen and oxygen atoms in total. The summed E-state index contributed by atoms with van der Waals surface area (Å²) < 4.78 is 6.89. The van der Waals surface area contributed by atoms with E-state index in [1.54, 1.807) is 6.20 Å². The molecule has 0 aliphatic rings. The van der Waals surface area contributed by atoms with E-state index in [4.69, 9.17) is 15.3 Å². The summed E-state index contributed by atoms with van der Waals surface area (Å²) in [7, 11) is 1.38. The summed E-state index contributed by atoms with van der Waals surface area (Å²) in [5.74, 6) is -0.366. The molecule has 1 heterocycles. The summed E-state index contributed by atoms with van der Waals surface area (Å²) in [5, 5.41) is 5.16. The summed E-state index contributed by atoms with van der Waals surface area (Å²) in [6.07, 6.45) is 2.66. The van der Waals surface area contributed by atoms with E-state index < -0.39 is 0 Å². The van der Waals surface area contributed by atoms with Gasteiger partial charge in [-0.05, 0) is 24.6 Å². The van der Waals surface area contributed by atoms with Crippen LogP contribution in [0.1, 0.15) is 29.3 Å². The van der Waals surface area contributed by atoms with Gasteiger partial charge in [0.1, 0.15) is 12.3 Å². The molecule has 0 amide bonds. The van der Waals surface area contributed by atoms with Gasteiger partial charge in [0, 0.05) is 28.4 Å². The van der Waals surface area contributed by atoms with E-state index in [2.05, 4.69) is 5.16 Å². The van der Waals surface area contributed by atoms with Gasteiger partial charge in [0.05, 0.1) is 19.2 Å². The summed E-state index contributed by atoms with van der Waals surface area (Å²) in [6, 6.07) is 15.2. The number of carbonyl (C=O) groups excluding carboxylic acids is 1. The molecule has 0 fully saturated rings. The Morgan fingerprint density at radius 2 is 2.00 bits per heavy atom. The van der Waals surface area contributed by atoms with Crippen LogP contribution in [0.15, 0.2) is 59.9 Å². The lowest BCUT2D eigenvalue weighted by Crippen LogP contribution is -2.12. The number of ether oxygens (including phenoxy) is 1. The number of aromatic nitrogens is 1. The zero-order valence-electron chi connectivity index (χ0n) is 15.5. The first-order chi connectivity index (χ1) is 13.1. The van der Waals surface area contributed by atoms with Crippen LogP contribution in [0.2, 0.25) is 0 Å². The predicted molar refractivity (Wildman–Crippen MR) is 107 cm³/mol. The molecule has 0 spiro atoms. The first-order valence-corrected chi connectivity index (χ1v) is 8.85. The lowest BCUT2D eigenvalue weighted by Gasteiger charge is -2.10. The van der Waals surface area contributed by atoms with Crippen LogP contribution in [0.25, 0.3) is 10.9 Å². The molecule has 3 aromatic rings. The van der Waals surface area contributed by atoms with Gasteiger partial charge in [-0.15, -0.1) is 0 Å². The molecule has 6 heteroatoms. The molecule has 0 unspecified atom stereocenters. The second kappa shape index (κ2) is 8.40. The molecular weight excluding hydrogens is 342 g/mol. The Labute approximate surface area is 158 Å². The average Bonchev–Trinajstić information content (AvgIpc) is 3.05. The Bertz CT molecular complexity index is 976.